The zero-order chi connectivity index (χ0) is 22.4. The van der Waals surface area contributed by atoms with Crippen molar-refractivity contribution in [2.75, 3.05) is 20.1 Å². The topological polar surface area (TPSA) is 69.6 Å². The maximum Gasteiger partial charge on any atom is 0.290 e. The highest BCUT2D eigenvalue weighted by Gasteiger charge is 2.33. The quantitative estimate of drug-likeness (QED) is 0.537. The van der Waals surface area contributed by atoms with E-state index >= 15 is 0 Å². The van der Waals surface area contributed by atoms with Gasteiger partial charge in [-0.2, -0.15) is 0 Å². The van der Waals surface area contributed by atoms with Gasteiger partial charge >= 0.3 is 0 Å². The van der Waals surface area contributed by atoms with E-state index < -0.39 is 22.9 Å². The Kier molecular flexibility index (Phi) is 16.8. The molecule has 0 aromatic heterocycles. The van der Waals surface area contributed by atoms with Crippen molar-refractivity contribution in [2.24, 2.45) is 16.7 Å². The molecule has 1 saturated heterocycles. The first-order valence-corrected chi connectivity index (χ1v) is 9.44. The van der Waals surface area contributed by atoms with E-state index in [1.54, 1.807) is 20.8 Å². The second kappa shape index (κ2) is 14.9. The highest BCUT2D eigenvalue weighted by molar-refractivity contribution is 7.80. The Hall–Kier alpha value is -1.15. The van der Waals surface area contributed by atoms with Crippen LogP contribution in [0.1, 0.15) is 55.4 Å². The van der Waals surface area contributed by atoms with Crippen LogP contribution in [0.25, 0.3) is 0 Å². The Balaban J connectivity index is -0.000000355. The lowest BCUT2D eigenvalue weighted by Gasteiger charge is -2.27. The molecule has 1 rings (SSSR count). The SMILES string of the molecule is CC.CC(C)(C)C(C=O)NC(=S)C(F)F.CC1CN(C)CC1(C)C.O=CO. The van der Waals surface area contributed by atoms with Crippen molar-refractivity contribution in [1.29, 1.82) is 0 Å². The van der Waals surface area contributed by atoms with Gasteiger partial charge in [-0.15, -0.1) is 0 Å². The molecule has 0 saturated carbocycles. The Morgan fingerprint density at radius 2 is 1.70 bits per heavy atom. The van der Waals surface area contributed by atoms with E-state index in [0.717, 1.165) is 5.92 Å². The van der Waals surface area contributed by atoms with Crippen molar-refractivity contribution in [2.45, 2.75) is 67.9 Å². The summed E-state index contributed by atoms with van der Waals surface area (Å²) in [6.07, 6.45) is -2.12. The maximum absolute atomic E-state index is 12.0. The number of alkyl halides is 2. The van der Waals surface area contributed by atoms with Crippen LogP contribution in [0.15, 0.2) is 0 Å². The normalized spacial score (nSPS) is 19.2. The number of carbonyl (C=O) groups is 2. The van der Waals surface area contributed by atoms with Gasteiger partial charge in [0.15, 0.2) is 0 Å². The first-order valence-electron chi connectivity index (χ1n) is 9.03. The summed E-state index contributed by atoms with van der Waals surface area (Å²) in [4.78, 5) is 20.7. The zero-order valence-corrected chi connectivity index (χ0v) is 19.0. The van der Waals surface area contributed by atoms with E-state index in [1.807, 2.05) is 13.8 Å². The summed E-state index contributed by atoms with van der Waals surface area (Å²) in [5.41, 5.74) is 0.134. The lowest BCUT2D eigenvalue weighted by molar-refractivity contribution is -0.122. The molecule has 1 aliphatic rings. The molecule has 5 nitrogen and oxygen atoms in total. The van der Waals surface area contributed by atoms with Crippen LogP contribution in [0.4, 0.5) is 8.78 Å². The van der Waals surface area contributed by atoms with Gasteiger partial charge in [0, 0.05) is 13.1 Å². The van der Waals surface area contributed by atoms with Crippen molar-refractivity contribution in [3.63, 3.8) is 0 Å². The van der Waals surface area contributed by atoms with Crippen LogP contribution < -0.4 is 5.32 Å². The average molecular weight is 413 g/mol. The largest absolute Gasteiger partial charge is 0.483 e. The lowest BCUT2D eigenvalue weighted by atomic mass is 9.84. The molecule has 0 bridgehead atoms. The van der Waals surface area contributed by atoms with Crippen LogP contribution >= 0.6 is 12.2 Å². The van der Waals surface area contributed by atoms with Gasteiger partial charge in [-0.1, -0.05) is 67.6 Å². The summed E-state index contributed by atoms with van der Waals surface area (Å²) in [6.45, 7) is 18.6. The second-order valence-corrected chi connectivity index (χ2v) is 8.42. The van der Waals surface area contributed by atoms with Gasteiger partial charge in [-0.25, -0.2) is 8.78 Å². The molecule has 0 radical (unpaired) electrons. The summed E-state index contributed by atoms with van der Waals surface area (Å²) in [6, 6.07) is -0.672. The maximum atomic E-state index is 12.0. The molecule has 1 fully saturated rings. The predicted octanol–water partition coefficient (Wildman–Crippen LogP) is 4.10. The predicted molar refractivity (Wildman–Crippen MR) is 112 cm³/mol. The number of carboxylic acid groups (broad SMARTS) is 1. The number of halogens is 2. The smallest absolute Gasteiger partial charge is 0.290 e. The molecule has 0 amide bonds. The van der Waals surface area contributed by atoms with Gasteiger partial charge < -0.3 is 20.1 Å². The highest BCUT2D eigenvalue weighted by atomic mass is 32.1. The zero-order valence-electron chi connectivity index (χ0n) is 18.2. The number of hydrogen-bond donors (Lipinski definition) is 2. The van der Waals surface area contributed by atoms with Crippen molar-refractivity contribution < 1.29 is 23.5 Å². The molecular formula is C19H38F2N2O3S. The minimum absolute atomic E-state index is 0.250. The number of rotatable bonds is 3. The average Bonchev–Trinajstić information content (AvgIpc) is 2.77. The first-order chi connectivity index (χ1) is 12.2. The molecule has 27 heavy (non-hydrogen) atoms. The lowest BCUT2D eigenvalue weighted by Crippen LogP contribution is -2.46. The molecule has 8 heteroatoms. The fraction of sp³-hybridized carbons (Fsp3) is 0.842. The third-order valence-electron chi connectivity index (χ3n) is 4.16. The Labute approximate surface area is 168 Å². The Bertz CT molecular complexity index is 428. The fourth-order valence-corrected chi connectivity index (χ4v) is 2.43. The van der Waals surface area contributed by atoms with E-state index in [9.17, 15) is 13.6 Å². The van der Waals surface area contributed by atoms with Gasteiger partial charge in [0.05, 0.1) is 6.04 Å². The summed E-state index contributed by atoms with van der Waals surface area (Å²) in [7, 11) is 2.20. The first kappa shape index (κ1) is 30.6. The number of nitrogens with zero attached hydrogens (tertiary/aromatic N) is 1. The van der Waals surface area contributed by atoms with E-state index in [-0.39, 0.29) is 6.47 Å². The van der Waals surface area contributed by atoms with E-state index in [4.69, 9.17) is 9.90 Å². The van der Waals surface area contributed by atoms with Crippen LogP contribution in [0, 0.1) is 16.7 Å². The minimum atomic E-state index is -2.71. The van der Waals surface area contributed by atoms with Crippen LogP contribution in [0.5, 0.6) is 0 Å². The minimum Gasteiger partial charge on any atom is -0.483 e. The molecule has 2 N–H and O–H groups in total. The Morgan fingerprint density at radius 1 is 1.30 bits per heavy atom. The molecule has 0 aliphatic carbocycles. The van der Waals surface area contributed by atoms with Crippen LogP contribution in [-0.4, -0.2) is 60.4 Å². The number of thiocarbonyl (C=S) groups is 1. The molecular weight excluding hydrogens is 374 g/mol. The van der Waals surface area contributed by atoms with Gasteiger partial charge in [-0.3, -0.25) is 4.79 Å². The summed E-state index contributed by atoms with van der Waals surface area (Å²) < 4.78 is 24.0. The van der Waals surface area contributed by atoms with E-state index in [1.165, 1.54) is 13.1 Å². The van der Waals surface area contributed by atoms with Crippen LogP contribution in [-0.2, 0) is 9.59 Å². The molecule has 1 aliphatic heterocycles. The van der Waals surface area contributed by atoms with Gasteiger partial charge in [0.25, 0.3) is 12.9 Å². The molecule has 0 aromatic rings. The van der Waals surface area contributed by atoms with E-state index in [0.29, 0.717) is 11.7 Å². The van der Waals surface area contributed by atoms with Crippen molar-refractivity contribution in [1.82, 2.24) is 10.2 Å². The molecule has 2 unspecified atom stereocenters. The molecule has 0 spiro atoms. The number of aldehydes is 1. The molecule has 2 atom stereocenters. The standard InChI is InChI=1S/C8H13F2NOS.C8H17N.C2H6.CH2O2/c1-8(2,3)5(4-12)11-7(13)6(9)10;1-7-5-9(4)6-8(7,2)3;1-2;2-1-3/h4-6H,1-3H3,(H,11,13);7H,5-6H2,1-4H3;1-2H3;1H,(H,2,3). The van der Waals surface area contributed by atoms with Crippen LogP contribution in [0.2, 0.25) is 0 Å². The highest BCUT2D eigenvalue weighted by Crippen LogP contribution is 2.33. The molecule has 1 heterocycles. The Morgan fingerprint density at radius 3 is 1.85 bits per heavy atom. The molecule has 0 aromatic carbocycles. The fourth-order valence-electron chi connectivity index (χ4n) is 2.30. The number of hydrogen-bond acceptors (Lipinski definition) is 4. The van der Waals surface area contributed by atoms with Crippen LogP contribution in [0.3, 0.4) is 0 Å². The van der Waals surface area contributed by atoms with Crippen molar-refractivity contribution in [3.8, 4) is 0 Å². The second-order valence-electron chi connectivity index (χ2n) is 7.98. The van der Waals surface area contributed by atoms with Gasteiger partial charge in [-0.05, 0) is 23.8 Å². The van der Waals surface area contributed by atoms with E-state index in [2.05, 4.69) is 50.3 Å². The third-order valence-corrected chi connectivity index (χ3v) is 4.46. The monoisotopic (exact) mass is 412 g/mol. The summed E-state index contributed by atoms with van der Waals surface area (Å²) >= 11 is 4.37. The van der Waals surface area contributed by atoms with Gasteiger partial charge in [0.2, 0.25) is 0 Å². The molecule has 162 valence electrons. The third kappa shape index (κ3) is 14.6. The van der Waals surface area contributed by atoms with Gasteiger partial charge in [0.1, 0.15) is 11.3 Å². The number of nitrogens with one attached hydrogen (secondary N) is 1. The van der Waals surface area contributed by atoms with Crippen molar-refractivity contribution >= 4 is 30.0 Å². The summed E-state index contributed by atoms with van der Waals surface area (Å²) in [5.74, 6) is 0.863. The van der Waals surface area contributed by atoms with Crippen molar-refractivity contribution in [3.05, 3.63) is 0 Å². The number of likely N-dealkylation sites (tertiary alicyclic amines) is 1. The number of carbonyl (C=O) groups excluding carboxylic acids is 1. The summed E-state index contributed by atoms with van der Waals surface area (Å²) in [5, 5.41) is 9.21.